The van der Waals surface area contributed by atoms with E-state index in [1.54, 1.807) is 0 Å². The van der Waals surface area contributed by atoms with Crippen LogP contribution < -0.4 is 0 Å². The number of carbonyl (C=O) groups is 1. The first-order valence-electron chi connectivity index (χ1n) is 3.00. The molecule has 1 nitrogen and oxygen atoms in total. The van der Waals surface area contributed by atoms with E-state index in [1.807, 2.05) is 6.92 Å². The minimum atomic E-state index is 0.289. The van der Waals surface area contributed by atoms with Gasteiger partial charge in [0.2, 0.25) is 0 Å². The van der Waals surface area contributed by atoms with E-state index in [9.17, 15) is 4.79 Å². The van der Waals surface area contributed by atoms with Crippen LogP contribution in [0.1, 0.15) is 13.3 Å². The summed E-state index contributed by atoms with van der Waals surface area (Å²) in [4.78, 5) is 10.9. The van der Waals surface area contributed by atoms with Crippen LogP contribution in [0.2, 0.25) is 0 Å². The number of alkyl halides is 1. The first kappa shape index (κ1) is 7.61. The molecule has 9 heavy (non-hydrogen) atoms. The van der Waals surface area contributed by atoms with Crippen LogP contribution in [0.15, 0.2) is 0 Å². The molecule has 0 radical (unpaired) electrons. The molecular weight excluding hydrogens is 200 g/mol. The quantitative estimate of drug-likeness (QED) is 0.615. The van der Waals surface area contributed by atoms with Gasteiger partial charge in [-0.15, -0.1) is 0 Å². The van der Waals surface area contributed by atoms with Crippen LogP contribution in [-0.4, -0.2) is 15.7 Å². The van der Waals surface area contributed by atoms with Crippen molar-refractivity contribution in [2.75, 3.05) is 5.33 Å². The van der Waals surface area contributed by atoms with Crippen molar-refractivity contribution in [2.24, 2.45) is 5.92 Å². The lowest BCUT2D eigenvalue weighted by Crippen LogP contribution is -1.99. The van der Waals surface area contributed by atoms with Gasteiger partial charge in [0.15, 0.2) is 5.12 Å². The monoisotopic (exact) mass is 208 g/mol. The summed E-state index contributed by atoms with van der Waals surface area (Å²) in [7, 11) is 0. The molecule has 1 saturated heterocycles. The molecule has 52 valence electrons. The van der Waals surface area contributed by atoms with Gasteiger partial charge in [0, 0.05) is 16.5 Å². The Balaban J connectivity index is 2.44. The molecular formula is C6H9BrOS. The highest BCUT2D eigenvalue weighted by Crippen LogP contribution is 2.33. The summed E-state index contributed by atoms with van der Waals surface area (Å²) in [6.07, 6.45) is 1.05. The number of rotatable bonds is 1. The molecule has 0 N–H and O–H groups in total. The minimum absolute atomic E-state index is 0.289. The Hall–Kier alpha value is 0.500. The van der Waals surface area contributed by atoms with E-state index in [2.05, 4.69) is 15.9 Å². The third-order valence-corrected chi connectivity index (χ3v) is 4.01. The zero-order valence-corrected chi connectivity index (χ0v) is 7.67. The highest BCUT2D eigenvalue weighted by atomic mass is 79.9. The molecule has 1 aliphatic heterocycles. The van der Waals surface area contributed by atoms with Crippen LogP contribution in [0, 0.1) is 5.92 Å². The number of hydrogen-bond donors (Lipinski definition) is 0. The van der Waals surface area contributed by atoms with Gasteiger partial charge in [-0.3, -0.25) is 4.79 Å². The number of hydrogen-bond acceptors (Lipinski definition) is 2. The van der Waals surface area contributed by atoms with Crippen molar-refractivity contribution in [3.8, 4) is 0 Å². The Morgan fingerprint density at radius 2 is 2.56 bits per heavy atom. The number of carbonyl (C=O) groups excluding carboxylic acids is 1. The van der Waals surface area contributed by atoms with Gasteiger partial charge >= 0.3 is 0 Å². The van der Waals surface area contributed by atoms with Crippen LogP contribution in [0.3, 0.4) is 0 Å². The van der Waals surface area contributed by atoms with Gasteiger partial charge in [0.05, 0.1) is 0 Å². The van der Waals surface area contributed by atoms with Crippen molar-refractivity contribution >= 4 is 32.8 Å². The van der Waals surface area contributed by atoms with E-state index < -0.39 is 0 Å². The van der Waals surface area contributed by atoms with E-state index in [-0.39, 0.29) is 5.92 Å². The summed E-state index contributed by atoms with van der Waals surface area (Å²) in [5.41, 5.74) is 0. The molecule has 2 atom stereocenters. The Labute approximate surface area is 67.7 Å². The summed E-state index contributed by atoms with van der Waals surface area (Å²) < 4.78 is 0. The summed E-state index contributed by atoms with van der Waals surface area (Å²) >= 11 is 4.85. The smallest absolute Gasteiger partial charge is 0.192 e. The first-order valence-corrected chi connectivity index (χ1v) is 5.00. The van der Waals surface area contributed by atoms with Gasteiger partial charge in [-0.05, 0) is 6.42 Å². The SMILES string of the molecule is C[C@H]1C[C@H](CBr)SC1=O. The summed E-state index contributed by atoms with van der Waals surface area (Å²) in [5.74, 6) is 0.289. The Morgan fingerprint density at radius 1 is 1.89 bits per heavy atom. The molecule has 0 aliphatic carbocycles. The Morgan fingerprint density at radius 3 is 2.78 bits per heavy atom. The minimum Gasteiger partial charge on any atom is -0.287 e. The Kier molecular flexibility index (Phi) is 2.59. The van der Waals surface area contributed by atoms with Gasteiger partial charge in [0.25, 0.3) is 0 Å². The summed E-state index contributed by atoms with van der Waals surface area (Å²) in [5, 5.41) is 1.85. The first-order chi connectivity index (χ1) is 4.24. The van der Waals surface area contributed by atoms with Crippen molar-refractivity contribution in [2.45, 2.75) is 18.6 Å². The molecule has 0 aromatic rings. The average molecular weight is 209 g/mol. The second-order valence-corrected chi connectivity index (χ2v) is 4.30. The van der Waals surface area contributed by atoms with Gasteiger partial charge in [0.1, 0.15) is 0 Å². The third-order valence-electron chi connectivity index (χ3n) is 1.47. The third kappa shape index (κ3) is 1.71. The predicted molar refractivity (Wildman–Crippen MR) is 44.0 cm³/mol. The molecule has 1 rings (SSSR count). The van der Waals surface area contributed by atoms with Gasteiger partial charge in [-0.1, -0.05) is 34.6 Å². The fraction of sp³-hybridized carbons (Fsp3) is 0.833. The van der Waals surface area contributed by atoms with E-state index in [0.717, 1.165) is 11.8 Å². The fourth-order valence-electron chi connectivity index (χ4n) is 0.914. The molecule has 0 aromatic heterocycles. The van der Waals surface area contributed by atoms with Crippen LogP contribution in [-0.2, 0) is 4.79 Å². The molecule has 0 spiro atoms. The second kappa shape index (κ2) is 3.06. The van der Waals surface area contributed by atoms with Crippen LogP contribution in [0.5, 0.6) is 0 Å². The lowest BCUT2D eigenvalue weighted by atomic mass is 10.1. The van der Waals surface area contributed by atoms with Crippen LogP contribution >= 0.6 is 27.7 Å². The lowest BCUT2D eigenvalue weighted by molar-refractivity contribution is -0.113. The molecule has 0 bridgehead atoms. The fourth-order valence-corrected chi connectivity index (χ4v) is 2.68. The van der Waals surface area contributed by atoms with Crippen molar-refractivity contribution < 1.29 is 4.79 Å². The second-order valence-electron chi connectivity index (χ2n) is 2.35. The summed E-state index contributed by atoms with van der Waals surface area (Å²) in [6, 6.07) is 0. The molecule has 0 aromatic carbocycles. The topological polar surface area (TPSA) is 17.1 Å². The molecule has 1 aliphatic rings. The molecule has 3 heteroatoms. The maximum Gasteiger partial charge on any atom is 0.192 e. The summed E-state index contributed by atoms with van der Waals surface area (Å²) in [6.45, 7) is 2.00. The normalized spacial score (nSPS) is 35.6. The number of halogens is 1. The zero-order valence-electron chi connectivity index (χ0n) is 5.26. The van der Waals surface area contributed by atoms with Crippen molar-refractivity contribution in [1.29, 1.82) is 0 Å². The van der Waals surface area contributed by atoms with Gasteiger partial charge < -0.3 is 0 Å². The largest absolute Gasteiger partial charge is 0.287 e. The van der Waals surface area contributed by atoms with Crippen LogP contribution in [0.4, 0.5) is 0 Å². The van der Waals surface area contributed by atoms with Crippen molar-refractivity contribution in [3.05, 3.63) is 0 Å². The van der Waals surface area contributed by atoms with Crippen molar-refractivity contribution in [3.63, 3.8) is 0 Å². The van der Waals surface area contributed by atoms with Crippen LogP contribution in [0.25, 0.3) is 0 Å². The maximum absolute atomic E-state index is 10.9. The maximum atomic E-state index is 10.9. The van der Waals surface area contributed by atoms with Crippen molar-refractivity contribution in [1.82, 2.24) is 0 Å². The van der Waals surface area contributed by atoms with E-state index >= 15 is 0 Å². The highest BCUT2D eigenvalue weighted by molar-refractivity contribution is 9.09. The predicted octanol–water partition coefficient (Wildman–Crippen LogP) is 2.05. The van der Waals surface area contributed by atoms with E-state index in [4.69, 9.17) is 0 Å². The molecule has 1 heterocycles. The molecule has 1 fully saturated rings. The van der Waals surface area contributed by atoms with E-state index in [1.165, 1.54) is 11.8 Å². The van der Waals surface area contributed by atoms with Gasteiger partial charge in [-0.25, -0.2) is 0 Å². The molecule has 0 amide bonds. The van der Waals surface area contributed by atoms with Gasteiger partial charge in [-0.2, -0.15) is 0 Å². The Bertz CT molecular complexity index is 126. The highest BCUT2D eigenvalue weighted by Gasteiger charge is 2.28. The zero-order chi connectivity index (χ0) is 6.85. The number of thioether (sulfide) groups is 1. The van der Waals surface area contributed by atoms with E-state index in [0.29, 0.717) is 10.4 Å². The average Bonchev–Trinajstić information content (AvgIpc) is 2.13. The molecule has 0 unspecified atom stereocenters. The lowest BCUT2D eigenvalue weighted by Gasteiger charge is -1.98. The standard InChI is InChI=1S/C6H9BrOS/c1-4-2-5(3-7)9-6(4)8/h4-5H,2-3H2,1H3/t4-,5+/m0/s1. The molecule has 0 saturated carbocycles.